The zero-order valence-electron chi connectivity index (χ0n) is 18.5. The van der Waals surface area contributed by atoms with Gasteiger partial charge in [-0.15, -0.1) is 0 Å². The molecule has 3 aromatic carbocycles. The van der Waals surface area contributed by atoms with Gasteiger partial charge in [-0.05, 0) is 42.3 Å². The van der Waals surface area contributed by atoms with Crippen LogP contribution in [0.5, 0.6) is 0 Å². The van der Waals surface area contributed by atoms with Crippen LogP contribution >= 0.6 is 0 Å². The molecular weight excluding hydrogens is 439 g/mol. The third-order valence-corrected chi connectivity index (χ3v) is 8.24. The molecule has 1 heterocycles. The summed E-state index contributed by atoms with van der Waals surface area (Å²) in [4.78, 5) is 17.0. The van der Waals surface area contributed by atoms with Gasteiger partial charge in [0.2, 0.25) is 5.91 Å². The Kier molecular flexibility index (Phi) is 6.91. The SMILES string of the molecule is CC(C(=O)N1CCN(C(c2ccccc2)c2ccccc2)CC1)S(=O)(=O)c1ccc(F)cc1. The largest absolute Gasteiger partial charge is 0.339 e. The van der Waals surface area contributed by atoms with Gasteiger partial charge in [0.05, 0.1) is 10.9 Å². The first-order chi connectivity index (χ1) is 15.9. The van der Waals surface area contributed by atoms with Gasteiger partial charge in [0.1, 0.15) is 11.1 Å². The molecule has 0 N–H and O–H groups in total. The first-order valence-electron chi connectivity index (χ1n) is 11.0. The standard InChI is InChI=1S/C26H27FN2O3S/c1-20(33(31,32)24-14-12-23(27)13-15-24)26(30)29-18-16-28(17-19-29)25(21-8-4-2-5-9-21)22-10-6-3-7-11-22/h2-15,20,25H,16-19H2,1H3. The Bertz CT molecular complexity index is 1140. The predicted octanol–water partition coefficient (Wildman–Crippen LogP) is 3.92. The van der Waals surface area contributed by atoms with E-state index in [-0.39, 0.29) is 10.9 Å². The molecule has 33 heavy (non-hydrogen) atoms. The third-order valence-electron chi connectivity index (χ3n) is 6.18. The highest BCUT2D eigenvalue weighted by atomic mass is 32.2. The lowest BCUT2D eigenvalue weighted by Crippen LogP contribution is -2.52. The van der Waals surface area contributed by atoms with E-state index in [1.165, 1.54) is 30.2 Å². The van der Waals surface area contributed by atoms with Gasteiger partial charge in [0.25, 0.3) is 0 Å². The molecular formula is C26H27FN2O3S. The highest BCUT2D eigenvalue weighted by molar-refractivity contribution is 7.92. The van der Waals surface area contributed by atoms with Crippen LogP contribution in [0.1, 0.15) is 24.1 Å². The molecule has 0 spiro atoms. The van der Waals surface area contributed by atoms with Gasteiger partial charge in [0, 0.05) is 26.2 Å². The molecule has 0 bridgehead atoms. The van der Waals surface area contributed by atoms with E-state index >= 15 is 0 Å². The van der Waals surface area contributed by atoms with Crippen molar-refractivity contribution in [2.24, 2.45) is 0 Å². The summed E-state index contributed by atoms with van der Waals surface area (Å²) in [6, 6.07) is 25.1. The first-order valence-corrected chi connectivity index (χ1v) is 12.5. The quantitative estimate of drug-likeness (QED) is 0.517. The summed E-state index contributed by atoms with van der Waals surface area (Å²) in [6.45, 7) is 3.55. The summed E-state index contributed by atoms with van der Waals surface area (Å²) in [5, 5.41) is -1.23. The van der Waals surface area contributed by atoms with Crippen molar-refractivity contribution in [2.45, 2.75) is 23.1 Å². The van der Waals surface area contributed by atoms with Crippen LogP contribution in [0, 0.1) is 5.82 Å². The number of carbonyl (C=O) groups is 1. The summed E-state index contributed by atoms with van der Waals surface area (Å²) in [6.07, 6.45) is 0. The van der Waals surface area contributed by atoms with Crippen molar-refractivity contribution in [3.05, 3.63) is 102 Å². The van der Waals surface area contributed by atoms with Crippen molar-refractivity contribution in [1.29, 1.82) is 0 Å². The molecule has 1 unspecified atom stereocenters. The van der Waals surface area contributed by atoms with E-state index in [1.54, 1.807) is 4.90 Å². The van der Waals surface area contributed by atoms with Crippen molar-refractivity contribution >= 4 is 15.7 Å². The molecule has 1 fully saturated rings. The number of hydrogen-bond acceptors (Lipinski definition) is 4. The van der Waals surface area contributed by atoms with Gasteiger partial charge < -0.3 is 4.90 Å². The van der Waals surface area contributed by atoms with E-state index in [0.29, 0.717) is 26.2 Å². The molecule has 1 saturated heterocycles. The van der Waals surface area contributed by atoms with Gasteiger partial charge in [0.15, 0.2) is 9.84 Å². The number of rotatable bonds is 6. The molecule has 0 saturated carbocycles. The Morgan fingerprint density at radius 3 is 1.76 bits per heavy atom. The molecule has 4 rings (SSSR count). The van der Waals surface area contributed by atoms with Crippen LogP contribution in [0.15, 0.2) is 89.8 Å². The molecule has 0 aromatic heterocycles. The van der Waals surface area contributed by atoms with E-state index in [0.717, 1.165) is 12.1 Å². The van der Waals surface area contributed by atoms with E-state index in [4.69, 9.17) is 0 Å². The van der Waals surface area contributed by atoms with Crippen molar-refractivity contribution in [1.82, 2.24) is 9.80 Å². The minimum atomic E-state index is -3.89. The van der Waals surface area contributed by atoms with Crippen molar-refractivity contribution in [3.63, 3.8) is 0 Å². The summed E-state index contributed by atoms with van der Waals surface area (Å²) in [5.74, 6) is -0.939. The third kappa shape index (κ3) is 4.99. The second-order valence-corrected chi connectivity index (χ2v) is 10.5. The van der Waals surface area contributed by atoms with Crippen molar-refractivity contribution in [2.75, 3.05) is 26.2 Å². The fourth-order valence-corrected chi connectivity index (χ4v) is 5.64. The minimum Gasteiger partial charge on any atom is -0.339 e. The smallest absolute Gasteiger partial charge is 0.241 e. The summed E-state index contributed by atoms with van der Waals surface area (Å²) < 4.78 is 39.0. The van der Waals surface area contributed by atoms with Crippen molar-refractivity contribution < 1.29 is 17.6 Å². The van der Waals surface area contributed by atoms with Crippen LogP contribution < -0.4 is 0 Å². The molecule has 172 valence electrons. The molecule has 1 amide bonds. The zero-order chi connectivity index (χ0) is 23.4. The second kappa shape index (κ2) is 9.85. The van der Waals surface area contributed by atoms with E-state index in [9.17, 15) is 17.6 Å². The monoisotopic (exact) mass is 466 g/mol. The highest BCUT2D eigenvalue weighted by Crippen LogP contribution is 2.30. The molecule has 3 aromatic rings. The maximum atomic E-state index is 13.2. The number of amides is 1. The van der Waals surface area contributed by atoms with Gasteiger partial charge in [-0.2, -0.15) is 0 Å². The number of hydrogen-bond donors (Lipinski definition) is 0. The molecule has 1 atom stereocenters. The number of piperazine rings is 1. The Labute approximate surface area is 194 Å². The molecule has 1 aliphatic heterocycles. The van der Waals surface area contributed by atoms with Gasteiger partial charge in [-0.25, -0.2) is 12.8 Å². The molecule has 5 nitrogen and oxygen atoms in total. The fraction of sp³-hybridized carbons (Fsp3) is 0.269. The number of carbonyl (C=O) groups excluding carboxylic acids is 1. The maximum Gasteiger partial charge on any atom is 0.241 e. The maximum absolute atomic E-state index is 13.2. The highest BCUT2D eigenvalue weighted by Gasteiger charge is 2.35. The molecule has 7 heteroatoms. The van der Waals surface area contributed by atoms with Crippen LogP contribution in [0.4, 0.5) is 4.39 Å². The Balaban J connectivity index is 1.48. The van der Waals surface area contributed by atoms with Crippen LogP contribution in [0.2, 0.25) is 0 Å². The Morgan fingerprint density at radius 2 is 1.27 bits per heavy atom. The van der Waals surface area contributed by atoms with Crippen LogP contribution in [-0.4, -0.2) is 55.6 Å². The topological polar surface area (TPSA) is 57.7 Å². The normalized spacial score (nSPS) is 16.0. The first kappa shape index (κ1) is 23.1. The van der Waals surface area contributed by atoms with Gasteiger partial charge >= 0.3 is 0 Å². The van der Waals surface area contributed by atoms with Gasteiger partial charge in [-0.1, -0.05) is 60.7 Å². The van der Waals surface area contributed by atoms with Gasteiger partial charge in [-0.3, -0.25) is 9.69 Å². The minimum absolute atomic E-state index is 0.0448. The summed E-state index contributed by atoms with van der Waals surface area (Å²) in [5.41, 5.74) is 2.35. The number of halogens is 1. The van der Waals surface area contributed by atoms with Crippen LogP contribution in [0.25, 0.3) is 0 Å². The molecule has 1 aliphatic rings. The summed E-state index contributed by atoms with van der Waals surface area (Å²) in [7, 11) is -3.89. The van der Waals surface area contributed by atoms with E-state index in [1.807, 2.05) is 36.4 Å². The summed E-state index contributed by atoms with van der Waals surface area (Å²) >= 11 is 0. The van der Waals surface area contributed by atoms with E-state index < -0.39 is 26.8 Å². The average Bonchev–Trinajstić information content (AvgIpc) is 2.85. The molecule has 0 aliphatic carbocycles. The number of benzene rings is 3. The lowest BCUT2D eigenvalue weighted by atomic mass is 9.96. The fourth-order valence-electron chi connectivity index (χ4n) is 4.30. The van der Waals surface area contributed by atoms with Crippen LogP contribution in [-0.2, 0) is 14.6 Å². The van der Waals surface area contributed by atoms with Crippen molar-refractivity contribution in [3.8, 4) is 0 Å². The predicted molar refractivity (Wildman–Crippen MR) is 126 cm³/mol. The van der Waals surface area contributed by atoms with Crippen LogP contribution in [0.3, 0.4) is 0 Å². The number of sulfone groups is 1. The Morgan fingerprint density at radius 1 is 0.788 bits per heavy atom. The average molecular weight is 467 g/mol. The number of nitrogens with zero attached hydrogens (tertiary/aromatic N) is 2. The lowest BCUT2D eigenvalue weighted by molar-refractivity contribution is -0.132. The lowest BCUT2D eigenvalue weighted by Gasteiger charge is -2.40. The second-order valence-electron chi connectivity index (χ2n) is 8.23. The molecule has 0 radical (unpaired) electrons. The zero-order valence-corrected chi connectivity index (χ0v) is 19.3. The Hall–Kier alpha value is -3.03. The van der Waals surface area contributed by atoms with E-state index in [2.05, 4.69) is 29.2 Å².